The fourth-order valence-electron chi connectivity index (χ4n) is 4.30. The lowest BCUT2D eigenvalue weighted by Crippen LogP contribution is -2.37. The number of rotatable bonds is 5. The van der Waals surface area contributed by atoms with Crippen LogP contribution in [0.3, 0.4) is 0 Å². The summed E-state index contributed by atoms with van der Waals surface area (Å²) in [5.74, 6) is -0.813. The van der Waals surface area contributed by atoms with Crippen LogP contribution in [0.25, 0.3) is 16.7 Å². The second-order valence-corrected chi connectivity index (χ2v) is 8.49. The molecular weight excluding hydrogens is 487 g/mol. The summed E-state index contributed by atoms with van der Waals surface area (Å²) in [7, 11) is 0. The number of benzene rings is 2. The third-order valence-electron chi connectivity index (χ3n) is 6.10. The Balaban J connectivity index is 1.40. The number of anilines is 2. The first-order valence-corrected chi connectivity index (χ1v) is 11.4. The van der Waals surface area contributed by atoms with Crippen LogP contribution in [0.5, 0.6) is 0 Å². The maximum atomic E-state index is 13.8. The van der Waals surface area contributed by atoms with Gasteiger partial charge in [-0.3, -0.25) is 9.59 Å². The Morgan fingerprint density at radius 1 is 1.00 bits per heavy atom. The lowest BCUT2D eigenvalue weighted by atomic mass is 10.1. The molecule has 1 saturated heterocycles. The summed E-state index contributed by atoms with van der Waals surface area (Å²) in [4.78, 5) is 30.2. The van der Waals surface area contributed by atoms with Crippen molar-refractivity contribution in [3.63, 3.8) is 0 Å². The van der Waals surface area contributed by atoms with Crippen LogP contribution in [0.1, 0.15) is 26.4 Å². The number of fused-ring (bicyclic) bond motifs is 1. The van der Waals surface area contributed by atoms with Crippen molar-refractivity contribution < 1.29 is 27.5 Å². The Hall–Kier alpha value is -4.38. The highest BCUT2D eigenvalue weighted by Crippen LogP contribution is 2.37. The maximum absolute atomic E-state index is 13.8. The third kappa shape index (κ3) is 4.98. The Morgan fingerprint density at radius 2 is 1.78 bits per heavy atom. The van der Waals surface area contributed by atoms with Crippen molar-refractivity contribution in [3.05, 3.63) is 83.7 Å². The van der Waals surface area contributed by atoms with Gasteiger partial charge < -0.3 is 25.3 Å². The zero-order valence-electron chi connectivity index (χ0n) is 19.5. The van der Waals surface area contributed by atoms with Crippen LogP contribution in [-0.2, 0) is 10.9 Å². The normalized spacial score (nSPS) is 14.1. The van der Waals surface area contributed by atoms with Crippen LogP contribution in [0.2, 0.25) is 0 Å². The molecule has 5 rings (SSSR count). The Labute approximate surface area is 209 Å². The number of amides is 2. The highest BCUT2D eigenvalue weighted by atomic mass is 19.4. The van der Waals surface area contributed by atoms with Crippen LogP contribution >= 0.6 is 0 Å². The number of morpholine rings is 1. The van der Waals surface area contributed by atoms with E-state index in [1.54, 1.807) is 52.1 Å². The molecule has 1 fully saturated rings. The van der Waals surface area contributed by atoms with Crippen molar-refractivity contribution in [3.8, 4) is 5.82 Å². The van der Waals surface area contributed by atoms with E-state index in [4.69, 9.17) is 10.5 Å². The summed E-state index contributed by atoms with van der Waals surface area (Å²) in [5, 5.41) is 3.43. The van der Waals surface area contributed by atoms with Gasteiger partial charge in [0, 0.05) is 41.6 Å². The summed E-state index contributed by atoms with van der Waals surface area (Å²) in [6, 6.07) is 15.4. The van der Waals surface area contributed by atoms with Crippen molar-refractivity contribution >= 4 is 34.1 Å². The molecular formula is C26H22F3N5O3. The Kier molecular flexibility index (Phi) is 6.30. The smallest absolute Gasteiger partial charge is 0.378 e. The number of nitrogens with two attached hydrogens (primary N) is 1. The summed E-state index contributed by atoms with van der Waals surface area (Å²) < 4.78 is 48.5. The third-order valence-corrected chi connectivity index (χ3v) is 6.10. The highest BCUT2D eigenvalue weighted by Gasteiger charge is 2.36. The van der Waals surface area contributed by atoms with Crippen molar-refractivity contribution in [1.82, 2.24) is 9.55 Å². The summed E-state index contributed by atoms with van der Waals surface area (Å²) in [6.45, 7) is 1.38. The molecule has 0 atom stereocenters. The predicted octanol–water partition coefficient (Wildman–Crippen LogP) is 4.23. The molecule has 0 saturated carbocycles. The molecule has 2 amide bonds. The number of hydrogen-bond acceptors (Lipinski definition) is 5. The number of aromatic nitrogens is 2. The van der Waals surface area contributed by atoms with Gasteiger partial charge in [0.1, 0.15) is 11.5 Å². The molecule has 0 unspecified atom stereocenters. The number of carbonyl (C=O) groups is 2. The van der Waals surface area contributed by atoms with E-state index >= 15 is 0 Å². The average molecular weight is 509 g/mol. The molecule has 37 heavy (non-hydrogen) atoms. The molecule has 0 spiro atoms. The van der Waals surface area contributed by atoms with Crippen LogP contribution in [-0.4, -0.2) is 47.7 Å². The first kappa shape index (κ1) is 24.3. The monoisotopic (exact) mass is 509 g/mol. The van der Waals surface area contributed by atoms with Gasteiger partial charge in [0.2, 0.25) is 0 Å². The molecule has 190 valence electrons. The molecule has 0 aliphatic carbocycles. The van der Waals surface area contributed by atoms with Gasteiger partial charge in [-0.15, -0.1) is 0 Å². The quantitative estimate of drug-likeness (QED) is 0.419. The number of nitrogens with zero attached hydrogens (tertiary/aromatic N) is 3. The zero-order chi connectivity index (χ0) is 26.2. The molecule has 3 N–H and O–H groups in total. The molecule has 3 heterocycles. The van der Waals surface area contributed by atoms with Crippen molar-refractivity contribution in [2.24, 2.45) is 5.73 Å². The van der Waals surface area contributed by atoms with Gasteiger partial charge in [0.05, 0.1) is 24.3 Å². The van der Waals surface area contributed by atoms with E-state index in [1.807, 2.05) is 0 Å². The molecule has 0 radical (unpaired) electrons. The van der Waals surface area contributed by atoms with E-state index in [0.717, 1.165) is 17.0 Å². The van der Waals surface area contributed by atoms with E-state index < -0.39 is 23.6 Å². The van der Waals surface area contributed by atoms with Gasteiger partial charge in [-0.2, -0.15) is 13.2 Å². The van der Waals surface area contributed by atoms with Crippen molar-refractivity contribution in [2.75, 3.05) is 36.5 Å². The standard InChI is InChI=1S/C26H22F3N5O3/c27-26(28,29)19-15-17(4-6-22(19)33-10-12-37-13-11-33)25(36)31-18-5-7-21-16(14-18)8-9-34(21)23-3-1-2-20(32-23)24(30)35/h1-9,14-15H,10-13H2,(H2,30,35)(H,31,36). The van der Waals surface area contributed by atoms with Gasteiger partial charge in [-0.05, 0) is 54.6 Å². The summed E-state index contributed by atoms with van der Waals surface area (Å²) >= 11 is 0. The fraction of sp³-hybridized carbons (Fsp3) is 0.192. The number of ether oxygens (including phenoxy) is 1. The molecule has 2 aromatic carbocycles. The molecule has 4 aromatic rings. The van der Waals surface area contributed by atoms with E-state index in [1.165, 1.54) is 18.2 Å². The molecule has 8 nitrogen and oxygen atoms in total. The first-order valence-electron chi connectivity index (χ1n) is 11.4. The largest absolute Gasteiger partial charge is 0.418 e. The number of alkyl halides is 3. The number of hydrogen-bond donors (Lipinski definition) is 2. The first-order chi connectivity index (χ1) is 17.7. The number of halogens is 3. The number of carbonyl (C=O) groups excluding carboxylic acids is 2. The lowest BCUT2D eigenvalue weighted by Gasteiger charge is -2.31. The number of primary amides is 1. The predicted molar refractivity (Wildman–Crippen MR) is 132 cm³/mol. The fourth-order valence-corrected chi connectivity index (χ4v) is 4.30. The van der Waals surface area contributed by atoms with Crippen molar-refractivity contribution in [1.29, 1.82) is 0 Å². The maximum Gasteiger partial charge on any atom is 0.418 e. The second-order valence-electron chi connectivity index (χ2n) is 8.49. The molecule has 1 aliphatic heterocycles. The van der Waals surface area contributed by atoms with Gasteiger partial charge >= 0.3 is 6.18 Å². The van der Waals surface area contributed by atoms with E-state index in [9.17, 15) is 22.8 Å². The summed E-state index contributed by atoms with van der Waals surface area (Å²) in [6.07, 6.45) is -2.87. The van der Waals surface area contributed by atoms with Crippen LogP contribution in [0.4, 0.5) is 24.5 Å². The van der Waals surface area contributed by atoms with E-state index in [-0.39, 0.29) is 16.9 Å². The SMILES string of the molecule is NC(=O)c1cccc(-n2ccc3cc(NC(=O)c4ccc(N5CCOCC5)c(C(F)(F)F)c4)ccc32)n1. The molecule has 11 heteroatoms. The summed E-state index contributed by atoms with van der Waals surface area (Å²) in [5.41, 5.74) is 5.68. The minimum absolute atomic E-state index is 0.0316. The van der Waals surface area contributed by atoms with Crippen LogP contribution < -0.4 is 16.0 Å². The topological polar surface area (TPSA) is 102 Å². The highest BCUT2D eigenvalue weighted by molar-refractivity contribution is 6.05. The zero-order valence-corrected chi connectivity index (χ0v) is 19.5. The van der Waals surface area contributed by atoms with E-state index in [0.29, 0.717) is 37.8 Å². The molecule has 0 bridgehead atoms. The van der Waals surface area contributed by atoms with Gasteiger partial charge in [-0.1, -0.05) is 6.07 Å². The van der Waals surface area contributed by atoms with Crippen LogP contribution in [0, 0.1) is 0 Å². The van der Waals surface area contributed by atoms with E-state index in [2.05, 4.69) is 10.3 Å². The minimum Gasteiger partial charge on any atom is -0.378 e. The number of nitrogens with one attached hydrogen (secondary N) is 1. The molecule has 2 aromatic heterocycles. The number of pyridine rings is 1. The average Bonchev–Trinajstić information content (AvgIpc) is 3.31. The second kappa shape index (κ2) is 9.58. The minimum atomic E-state index is -4.62. The van der Waals surface area contributed by atoms with Gasteiger partial charge in [-0.25, -0.2) is 4.98 Å². The van der Waals surface area contributed by atoms with Crippen LogP contribution in [0.15, 0.2) is 66.9 Å². The Bertz CT molecular complexity index is 1490. The van der Waals surface area contributed by atoms with Gasteiger partial charge in [0.15, 0.2) is 0 Å². The van der Waals surface area contributed by atoms with Crippen molar-refractivity contribution in [2.45, 2.75) is 6.18 Å². The van der Waals surface area contributed by atoms with Gasteiger partial charge in [0.25, 0.3) is 11.8 Å². The molecule has 1 aliphatic rings. The Morgan fingerprint density at radius 3 is 2.51 bits per heavy atom. The lowest BCUT2D eigenvalue weighted by molar-refractivity contribution is -0.137.